The van der Waals surface area contributed by atoms with Crippen molar-refractivity contribution in [2.24, 2.45) is 0 Å². The zero-order chi connectivity index (χ0) is 31.4. The smallest absolute Gasteiger partial charge is 0.0738 e. The van der Waals surface area contributed by atoms with Crippen molar-refractivity contribution in [2.45, 2.75) is 5.41 Å². The molecule has 0 amide bonds. The summed E-state index contributed by atoms with van der Waals surface area (Å²) in [5.41, 5.74) is 19.4. The summed E-state index contributed by atoms with van der Waals surface area (Å²) in [6, 6.07) is 65.2. The molecule has 0 radical (unpaired) electrons. The minimum Gasteiger partial charge on any atom is -0.310 e. The Bertz CT molecular complexity index is 2590. The van der Waals surface area contributed by atoms with Gasteiger partial charge in [0.05, 0.1) is 11.1 Å². The third-order valence-corrected chi connectivity index (χ3v) is 11.0. The highest BCUT2D eigenvalue weighted by molar-refractivity contribution is 6.07. The predicted molar refractivity (Wildman–Crippen MR) is 199 cm³/mol. The second-order valence-corrected chi connectivity index (χ2v) is 13.2. The lowest BCUT2D eigenvalue weighted by Crippen LogP contribution is -2.23. The van der Waals surface area contributed by atoms with Crippen molar-refractivity contribution in [3.8, 4) is 44.5 Å². The molecule has 222 valence electrons. The molecule has 1 nitrogen and oxygen atoms in total. The summed E-state index contributed by atoms with van der Waals surface area (Å²) in [4.78, 5) is 2.47. The number of fused-ring (bicyclic) bond motifs is 6. The highest BCUT2D eigenvalue weighted by atomic mass is 15.1. The van der Waals surface area contributed by atoms with Crippen LogP contribution in [0.5, 0.6) is 0 Å². The van der Waals surface area contributed by atoms with Gasteiger partial charge in [0, 0.05) is 16.8 Å². The first-order chi connectivity index (χ1) is 23.8. The molecule has 0 fully saturated rings. The Morgan fingerprint density at radius 3 is 1.73 bits per heavy atom. The van der Waals surface area contributed by atoms with Gasteiger partial charge in [0.1, 0.15) is 0 Å². The molecule has 0 bridgehead atoms. The van der Waals surface area contributed by atoms with E-state index in [1.54, 1.807) is 0 Å². The van der Waals surface area contributed by atoms with E-state index in [0.717, 1.165) is 11.4 Å². The van der Waals surface area contributed by atoms with Crippen molar-refractivity contribution in [1.29, 1.82) is 0 Å². The molecule has 1 spiro atoms. The van der Waals surface area contributed by atoms with Gasteiger partial charge in [-0.15, -0.1) is 0 Å². The molecule has 3 aliphatic rings. The first-order valence-electron chi connectivity index (χ1n) is 16.8. The minimum atomic E-state index is -0.323. The van der Waals surface area contributed by atoms with Crippen molar-refractivity contribution in [3.63, 3.8) is 0 Å². The van der Waals surface area contributed by atoms with Gasteiger partial charge in [-0.2, -0.15) is 0 Å². The van der Waals surface area contributed by atoms with Gasteiger partial charge in [-0.05, 0) is 102 Å². The van der Waals surface area contributed by atoms with Gasteiger partial charge in [-0.1, -0.05) is 146 Å². The van der Waals surface area contributed by atoms with E-state index in [9.17, 15) is 0 Å². The predicted octanol–water partition coefficient (Wildman–Crippen LogP) is 12.3. The third-order valence-electron chi connectivity index (χ3n) is 11.0. The summed E-state index contributed by atoms with van der Waals surface area (Å²) in [5.74, 6) is 0. The SMILES string of the molecule is c1ccc(-c2cccc(N(c3ccc4c(c3)C35c6ccccc6-c6cccc(c63)-c3cccc-4c35)c3cccc4ccccc34)c2)cc1. The largest absolute Gasteiger partial charge is 0.310 e. The number of nitrogens with zero attached hydrogens (tertiary/aromatic N) is 1. The topological polar surface area (TPSA) is 3.24 Å². The van der Waals surface area contributed by atoms with Crippen molar-refractivity contribution >= 4 is 27.8 Å². The monoisotopic (exact) mass is 607 g/mol. The average molecular weight is 608 g/mol. The van der Waals surface area contributed by atoms with Crippen LogP contribution in [-0.4, -0.2) is 0 Å². The van der Waals surface area contributed by atoms with E-state index < -0.39 is 0 Å². The van der Waals surface area contributed by atoms with E-state index in [-0.39, 0.29) is 5.41 Å². The van der Waals surface area contributed by atoms with Gasteiger partial charge in [0.2, 0.25) is 0 Å². The van der Waals surface area contributed by atoms with Crippen LogP contribution in [0.1, 0.15) is 22.3 Å². The molecule has 0 aliphatic heterocycles. The maximum Gasteiger partial charge on any atom is 0.0738 e. The first kappa shape index (κ1) is 25.9. The molecule has 8 aromatic rings. The Morgan fingerprint density at radius 2 is 0.917 bits per heavy atom. The second-order valence-electron chi connectivity index (χ2n) is 13.2. The fraction of sp³-hybridized carbons (Fsp3) is 0.0213. The quantitative estimate of drug-likeness (QED) is 0.192. The van der Waals surface area contributed by atoms with Crippen LogP contribution in [0.15, 0.2) is 176 Å². The zero-order valence-corrected chi connectivity index (χ0v) is 26.2. The molecule has 0 saturated heterocycles. The number of rotatable bonds is 4. The Labute approximate surface area is 280 Å². The molecule has 1 unspecified atom stereocenters. The molecule has 48 heavy (non-hydrogen) atoms. The lowest BCUT2D eigenvalue weighted by molar-refractivity contribution is 0.818. The van der Waals surface area contributed by atoms with Gasteiger partial charge >= 0.3 is 0 Å². The summed E-state index contributed by atoms with van der Waals surface area (Å²) >= 11 is 0. The van der Waals surface area contributed by atoms with Gasteiger partial charge in [0.25, 0.3) is 0 Å². The maximum absolute atomic E-state index is 2.50. The Kier molecular flexibility index (Phi) is 5.10. The van der Waals surface area contributed by atoms with Crippen LogP contribution in [0.2, 0.25) is 0 Å². The van der Waals surface area contributed by atoms with Crippen LogP contribution in [-0.2, 0) is 5.41 Å². The lowest BCUT2D eigenvalue weighted by atomic mass is 9.73. The molecule has 0 N–H and O–H groups in total. The Balaban J connectivity index is 1.21. The van der Waals surface area contributed by atoms with Crippen molar-refractivity contribution in [2.75, 3.05) is 4.90 Å². The standard InChI is InChI=1S/C47H29N/c1-2-12-30(13-3-1)32-16-8-17-33(28-32)48(44-25-9-15-31-14-4-5-18-35(31)44)34-26-27-37-39-21-11-23-41-40-22-10-20-38-36-19-6-7-24-42(36)47(45(38)40,46(39)41)43(37)29-34/h1-29H. The summed E-state index contributed by atoms with van der Waals surface area (Å²) in [6.07, 6.45) is 0. The minimum absolute atomic E-state index is 0.323. The van der Waals surface area contributed by atoms with Crippen LogP contribution in [0.4, 0.5) is 17.1 Å². The third kappa shape index (κ3) is 3.21. The van der Waals surface area contributed by atoms with Crippen molar-refractivity contribution in [3.05, 3.63) is 198 Å². The molecular formula is C47H29N. The molecule has 11 rings (SSSR count). The van der Waals surface area contributed by atoms with Crippen LogP contribution >= 0.6 is 0 Å². The van der Waals surface area contributed by atoms with Gasteiger partial charge in [-0.3, -0.25) is 0 Å². The van der Waals surface area contributed by atoms with Crippen LogP contribution < -0.4 is 4.90 Å². The van der Waals surface area contributed by atoms with E-state index in [4.69, 9.17) is 0 Å². The summed E-state index contributed by atoms with van der Waals surface area (Å²) in [6.45, 7) is 0. The fourth-order valence-electron chi connectivity index (χ4n) is 9.17. The molecule has 1 heteroatoms. The van der Waals surface area contributed by atoms with Crippen molar-refractivity contribution in [1.82, 2.24) is 0 Å². The lowest BCUT2D eigenvalue weighted by Gasteiger charge is -2.31. The average Bonchev–Trinajstić information content (AvgIpc) is 3.75. The molecule has 8 aromatic carbocycles. The van der Waals surface area contributed by atoms with E-state index >= 15 is 0 Å². The van der Waals surface area contributed by atoms with Gasteiger partial charge in [0.15, 0.2) is 0 Å². The summed E-state index contributed by atoms with van der Waals surface area (Å²) in [5, 5.41) is 2.46. The van der Waals surface area contributed by atoms with E-state index in [0.29, 0.717) is 0 Å². The maximum atomic E-state index is 2.50. The second kappa shape index (κ2) is 9.44. The van der Waals surface area contributed by atoms with E-state index in [2.05, 4.69) is 181 Å². The normalized spacial score (nSPS) is 15.6. The summed E-state index contributed by atoms with van der Waals surface area (Å²) in [7, 11) is 0. The van der Waals surface area contributed by atoms with Gasteiger partial charge < -0.3 is 4.90 Å². The molecule has 1 atom stereocenters. The van der Waals surface area contributed by atoms with Crippen LogP contribution in [0.3, 0.4) is 0 Å². The summed E-state index contributed by atoms with van der Waals surface area (Å²) < 4.78 is 0. The highest BCUT2D eigenvalue weighted by Crippen LogP contribution is 2.70. The van der Waals surface area contributed by atoms with Crippen molar-refractivity contribution < 1.29 is 0 Å². The first-order valence-corrected chi connectivity index (χ1v) is 16.8. The Hall–Kier alpha value is -6.18. The van der Waals surface area contributed by atoms with E-state index in [1.807, 2.05) is 0 Å². The molecular weight excluding hydrogens is 579 g/mol. The zero-order valence-electron chi connectivity index (χ0n) is 26.2. The molecule has 0 aromatic heterocycles. The number of hydrogen-bond acceptors (Lipinski definition) is 1. The van der Waals surface area contributed by atoms with Crippen LogP contribution in [0.25, 0.3) is 55.3 Å². The Morgan fingerprint density at radius 1 is 0.354 bits per heavy atom. The fourth-order valence-corrected chi connectivity index (χ4v) is 9.17. The number of benzene rings is 8. The number of hydrogen-bond donors (Lipinski definition) is 0. The molecule has 0 heterocycles. The molecule has 3 aliphatic carbocycles. The highest BCUT2D eigenvalue weighted by Gasteiger charge is 2.57. The van der Waals surface area contributed by atoms with Crippen LogP contribution in [0, 0.1) is 0 Å². The number of anilines is 3. The molecule has 0 saturated carbocycles. The van der Waals surface area contributed by atoms with E-state index in [1.165, 1.54) is 83.2 Å². The van der Waals surface area contributed by atoms with Gasteiger partial charge in [-0.25, -0.2) is 0 Å².